The molecule has 0 N–H and O–H groups in total. The molecule has 0 bridgehead atoms. The van der Waals surface area contributed by atoms with E-state index in [0.29, 0.717) is 29.8 Å². The Morgan fingerprint density at radius 1 is 1.10 bits per heavy atom. The lowest BCUT2D eigenvalue weighted by molar-refractivity contribution is -0.121. The van der Waals surface area contributed by atoms with E-state index < -0.39 is 0 Å². The predicted octanol–water partition coefficient (Wildman–Crippen LogP) is 5.83. The molecule has 162 valence electrons. The third-order valence-corrected chi connectivity index (χ3v) is 7.14. The average molecular weight is 417 g/mol. The molecule has 2 fully saturated rings. The van der Waals surface area contributed by atoms with E-state index in [2.05, 4.69) is 4.98 Å². The molecule has 2 aliphatic rings. The largest absolute Gasteiger partial charge is 0.306 e. The highest BCUT2D eigenvalue weighted by atomic mass is 16.1. The molecule has 4 rings (SSSR count). The lowest BCUT2D eigenvalue weighted by Gasteiger charge is -2.31. The number of allylic oxidation sites excluding steroid dienone is 4. The number of para-hydroxylation sites is 1. The molecule has 2 aliphatic carbocycles. The van der Waals surface area contributed by atoms with Crippen LogP contribution in [-0.4, -0.2) is 21.1 Å². The van der Waals surface area contributed by atoms with Crippen molar-refractivity contribution in [3.8, 4) is 5.69 Å². The molecule has 4 heteroatoms. The number of carbonyl (C=O) groups is 2. The van der Waals surface area contributed by atoms with Gasteiger partial charge < -0.3 is 4.57 Å². The van der Waals surface area contributed by atoms with E-state index in [9.17, 15) is 9.59 Å². The first-order chi connectivity index (χ1) is 15.1. The van der Waals surface area contributed by atoms with Crippen LogP contribution in [0.5, 0.6) is 0 Å². The Morgan fingerprint density at radius 3 is 2.55 bits per heavy atom. The molecule has 0 spiro atoms. The van der Waals surface area contributed by atoms with E-state index in [4.69, 9.17) is 0 Å². The van der Waals surface area contributed by atoms with Gasteiger partial charge >= 0.3 is 0 Å². The highest BCUT2D eigenvalue weighted by Gasteiger charge is 2.40. The smallest absolute Gasteiger partial charge is 0.161 e. The molecule has 0 saturated heterocycles. The standard InChI is InChI=1S/C27H32N2O2/c1-3-4-8-19(2)27(31)21-13-11-20(12-14-21)22-15-24(26(30)16-22)25-17-29(18-28-25)23-9-6-5-7-10-23/h3-10,17-18,20-22,24H,11-16H2,1-2H3. The van der Waals surface area contributed by atoms with Gasteiger partial charge in [-0.2, -0.15) is 0 Å². The normalized spacial score (nSPS) is 27.2. The summed E-state index contributed by atoms with van der Waals surface area (Å²) in [7, 11) is 0. The summed E-state index contributed by atoms with van der Waals surface area (Å²) in [6, 6.07) is 10.1. The fraction of sp³-hybridized carbons (Fsp3) is 0.444. The van der Waals surface area contributed by atoms with Crippen molar-refractivity contribution in [3.63, 3.8) is 0 Å². The third kappa shape index (κ3) is 4.79. The molecule has 2 atom stereocenters. The average Bonchev–Trinajstić information content (AvgIpc) is 3.44. The lowest BCUT2D eigenvalue weighted by Crippen LogP contribution is -2.25. The third-order valence-electron chi connectivity index (χ3n) is 7.14. The van der Waals surface area contributed by atoms with Crippen molar-refractivity contribution in [2.24, 2.45) is 17.8 Å². The van der Waals surface area contributed by atoms with Gasteiger partial charge in [-0.15, -0.1) is 0 Å². The highest BCUT2D eigenvalue weighted by Crippen LogP contribution is 2.44. The summed E-state index contributed by atoms with van der Waals surface area (Å²) in [6.45, 7) is 3.88. The Balaban J connectivity index is 1.35. The van der Waals surface area contributed by atoms with Crippen LogP contribution in [0.3, 0.4) is 0 Å². The van der Waals surface area contributed by atoms with Gasteiger partial charge in [0.15, 0.2) is 5.78 Å². The zero-order valence-corrected chi connectivity index (χ0v) is 18.5. The van der Waals surface area contributed by atoms with E-state index in [1.165, 1.54) is 0 Å². The number of Topliss-reactive ketones (excluding diaryl/α,β-unsaturated/α-hetero) is 2. The summed E-state index contributed by atoms with van der Waals surface area (Å²) in [5.74, 6) is 1.66. The lowest BCUT2D eigenvalue weighted by atomic mass is 9.73. The molecule has 0 radical (unpaired) electrons. The van der Waals surface area contributed by atoms with Crippen LogP contribution < -0.4 is 0 Å². The summed E-state index contributed by atoms with van der Waals surface area (Å²) in [5, 5.41) is 0. The van der Waals surface area contributed by atoms with E-state index in [1.807, 2.05) is 79.5 Å². The molecule has 31 heavy (non-hydrogen) atoms. The number of aromatic nitrogens is 2. The molecule has 0 aliphatic heterocycles. The zero-order chi connectivity index (χ0) is 21.8. The Labute approximate surface area is 185 Å². The minimum Gasteiger partial charge on any atom is -0.306 e. The zero-order valence-electron chi connectivity index (χ0n) is 18.5. The molecule has 1 aromatic carbocycles. The van der Waals surface area contributed by atoms with Crippen LogP contribution in [0.4, 0.5) is 0 Å². The van der Waals surface area contributed by atoms with E-state index in [-0.39, 0.29) is 11.8 Å². The van der Waals surface area contributed by atoms with Crippen molar-refractivity contribution in [1.82, 2.24) is 9.55 Å². The maximum atomic E-state index is 12.8. The number of nitrogens with zero attached hydrogens (tertiary/aromatic N) is 2. The Kier molecular flexibility index (Phi) is 6.64. The first-order valence-corrected chi connectivity index (χ1v) is 11.5. The summed E-state index contributed by atoms with van der Waals surface area (Å²) in [6.07, 6.45) is 15.2. The van der Waals surface area contributed by atoms with E-state index in [0.717, 1.165) is 49.1 Å². The molecule has 4 nitrogen and oxygen atoms in total. The number of imidazole rings is 1. The predicted molar refractivity (Wildman–Crippen MR) is 123 cm³/mol. The van der Waals surface area contributed by atoms with E-state index in [1.54, 1.807) is 0 Å². The summed E-state index contributed by atoms with van der Waals surface area (Å²) in [5.41, 5.74) is 2.81. The molecule has 1 aromatic heterocycles. The van der Waals surface area contributed by atoms with E-state index >= 15 is 0 Å². The minimum atomic E-state index is -0.0830. The number of hydrogen-bond donors (Lipinski definition) is 0. The van der Waals surface area contributed by atoms with Crippen LogP contribution in [0.1, 0.15) is 64.0 Å². The maximum absolute atomic E-state index is 12.8. The van der Waals surface area contributed by atoms with Gasteiger partial charge in [-0.1, -0.05) is 36.4 Å². The Bertz CT molecular complexity index is 978. The monoisotopic (exact) mass is 416 g/mol. The number of hydrogen-bond acceptors (Lipinski definition) is 3. The summed E-state index contributed by atoms with van der Waals surface area (Å²) >= 11 is 0. The SMILES string of the molecule is CC=CC=C(C)C(=O)C1CCC(C2CC(=O)C(c3cn(-c4ccccc4)cn3)C2)CC1. The summed E-state index contributed by atoms with van der Waals surface area (Å²) < 4.78 is 2.00. The molecule has 2 saturated carbocycles. The number of rotatable bonds is 6. The quantitative estimate of drug-likeness (QED) is 0.439. The first kappa shape index (κ1) is 21.5. The molecule has 2 aromatic rings. The topological polar surface area (TPSA) is 52.0 Å². The van der Waals surface area contributed by atoms with Gasteiger partial charge in [0, 0.05) is 24.2 Å². The fourth-order valence-corrected chi connectivity index (χ4v) is 5.32. The van der Waals surface area contributed by atoms with Crippen LogP contribution >= 0.6 is 0 Å². The minimum absolute atomic E-state index is 0.0830. The van der Waals surface area contributed by atoms with Crippen LogP contribution in [0.2, 0.25) is 0 Å². The van der Waals surface area contributed by atoms with Gasteiger partial charge in [0.05, 0.1) is 17.9 Å². The Hall–Kier alpha value is -2.75. The van der Waals surface area contributed by atoms with Crippen LogP contribution in [0.25, 0.3) is 5.69 Å². The van der Waals surface area contributed by atoms with Gasteiger partial charge in [-0.3, -0.25) is 9.59 Å². The highest BCUT2D eigenvalue weighted by molar-refractivity contribution is 5.96. The van der Waals surface area contributed by atoms with Gasteiger partial charge in [-0.25, -0.2) is 4.98 Å². The van der Waals surface area contributed by atoms with Crippen molar-refractivity contribution >= 4 is 11.6 Å². The fourth-order valence-electron chi connectivity index (χ4n) is 5.32. The maximum Gasteiger partial charge on any atom is 0.161 e. The van der Waals surface area contributed by atoms with Crippen molar-refractivity contribution in [2.75, 3.05) is 0 Å². The van der Waals surface area contributed by atoms with Crippen LogP contribution in [-0.2, 0) is 9.59 Å². The van der Waals surface area contributed by atoms with Gasteiger partial charge in [-0.05, 0) is 75.5 Å². The molecular formula is C27H32N2O2. The van der Waals surface area contributed by atoms with Crippen molar-refractivity contribution < 1.29 is 9.59 Å². The number of ketones is 2. The Morgan fingerprint density at radius 2 is 1.84 bits per heavy atom. The van der Waals surface area contributed by atoms with Crippen molar-refractivity contribution in [3.05, 3.63) is 72.4 Å². The molecule has 1 heterocycles. The molecule has 2 unspecified atom stereocenters. The van der Waals surface area contributed by atoms with Crippen molar-refractivity contribution in [1.29, 1.82) is 0 Å². The van der Waals surface area contributed by atoms with Crippen molar-refractivity contribution in [2.45, 2.75) is 58.3 Å². The van der Waals surface area contributed by atoms with Gasteiger partial charge in [0.2, 0.25) is 0 Å². The second-order valence-electron chi connectivity index (χ2n) is 9.11. The second-order valence-corrected chi connectivity index (χ2v) is 9.11. The molecular weight excluding hydrogens is 384 g/mol. The number of carbonyl (C=O) groups excluding carboxylic acids is 2. The summed E-state index contributed by atoms with van der Waals surface area (Å²) in [4.78, 5) is 30.1. The van der Waals surface area contributed by atoms with Crippen LogP contribution in [0.15, 0.2) is 66.7 Å². The number of benzene rings is 1. The second kappa shape index (κ2) is 9.59. The first-order valence-electron chi connectivity index (χ1n) is 11.5. The van der Waals surface area contributed by atoms with Gasteiger partial charge in [0.1, 0.15) is 5.78 Å². The molecule has 0 amide bonds. The van der Waals surface area contributed by atoms with Crippen LogP contribution in [0, 0.1) is 17.8 Å². The van der Waals surface area contributed by atoms with Gasteiger partial charge in [0.25, 0.3) is 0 Å².